The number of rotatable bonds is 11. The number of nitrogens with zero attached hydrogens (tertiary/aromatic N) is 3. The van der Waals surface area contributed by atoms with Gasteiger partial charge in [0, 0.05) is 19.5 Å². The number of alkyl halides is 5. The van der Waals surface area contributed by atoms with Gasteiger partial charge in [-0.3, -0.25) is 0 Å². The molecule has 0 aliphatic carbocycles. The molecule has 0 bridgehead atoms. The monoisotopic (exact) mass is 513 g/mol. The van der Waals surface area contributed by atoms with Gasteiger partial charge in [0.05, 0.1) is 26.0 Å². The fourth-order valence-corrected chi connectivity index (χ4v) is 4.39. The molecule has 0 saturated heterocycles. The summed E-state index contributed by atoms with van der Waals surface area (Å²) in [7, 11) is -2.70. The van der Waals surface area contributed by atoms with E-state index in [1.807, 2.05) is 0 Å². The summed E-state index contributed by atoms with van der Waals surface area (Å²) in [5.74, 6) is -4.00. The smallest absolute Gasteiger partial charge is 0.420 e. The van der Waals surface area contributed by atoms with Crippen LogP contribution in [0.1, 0.15) is 21.6 Å². The summed E-state index contributed by atoms with van der Waals surface area (Å²) >= 11 is 0. The molecule has 2 rings (SSSR count). The number of benzene rings is 1. The SMILES string of the molecule is COCCOc1cccc(CS(=O)(=O)N(CC(F)F)c2nccnc2C(=O)OC)c1C(F)(F)F. The third kappa shape index (κ3) is 6.72. The van der Waals surface area contributed by atoms with Gasteiger partial charge in [-0.1, -0.05) is 12.1 Å². The average molecular weight is 513 g/mol. The largest absolute Gasteiger partial charge is 0.491 e. The predicted molar refractivity (Wildman–Crippen MR) is 108 cm³/mol. The normalized spacial score (nSPS) is 12.0. The van der Waals surface area contributed by atoms with Crippen molar-refractivity contribution in [1.29, 1.82) is 0 Å². The van der Waals surface area contributed by atoms with Crippen molar-refractivity contribution in [3.05, 3.63) is 47.4 Å². The first-order chi connectivity index (χ1) is 15.9. The van der Waals surface area contributed by atoms with E-state index in [2.05, 4.69) is 14.7 Å². The van der Waals surface area contributed by atoms with E-state index in [1.54, 1.807) is 0 Å². The highest BCUT2D eigenvalue weighted by Gasteiger charge is 2.40. The van der Waals surface area contributed by atoms with Gasteiger partial charge in [0.15, 0.2) is 11.5 Å². The van der Waals surface area contributed by atoms with Gasteiger partial charge in [-0.15, -0.1) is 0 Å². The lowest BCUT2D eigenvalue weighted by Crippen LogP contribution is -2.38. The van der Waals surface area contributed by atoms with Crippen LogP contribution in [0.2, 0.25) is 0 Å². The Labute approximate surface area is 191 Å². The van der Waals surface area contributed by atoms with Crippen LogP contribution in [0.25, 0.3) is 0 Å². The Morgan fingerprint density at radius 1 is 1.12 bits per heavy atom. The Balaban J connectivity index is 2.58. The zero-order valence-corrected chi connectivity index (χ0v) is 18.7. The molecule has 0 spiro atoms. The van der Waals surface area contributed by atoms with Crippen LogP contribution in [-0.4, -0.2) is 64.8 Å². The van der Waals surface area contributed by atoms with Gasteiger partial charge in [-0.2, -0.15) is 13.2 Å². The number of carbonyl (C=O) groups is 1. The Kier molecular flexibility index (Phi) is 9.09. The van der Waals surface area contributed by atoms with Crippen molar-refractivity contribution >= 4 is 21.8 Å². The Morgan fingerprint density at radius 3 is 2.38 bits per heavy atom. The topological polar surface area (TPSA) is 108 Å². The quantitative estimate of drug-likeness (QED) is 0.257. The molecule has 1 aromatic heterocycles. The van der Waals surface area contributed by atoms with Crippen molar-refractivity contribution in [3.8, 4) is 5.75 Å². The van der Waals surface area contributed by atoms with Gasteiger partial charge < -0.3 is 14.2 Å². The second-order valence-corrected chi connectivity index (χ2v) is 8.42. The Bertz CT molecular complexity index is 1100. The van der Waals surface area contributed by atoms with Gasteiger partial charge >= 0.3 is 12.1 Å². The summed E-state index contributed by atoms with van der Waals surface area (Å²) in [5.41, 5.74) is -2.86. The summed E-state index contributed by atoms with van der Waals surface area (Å²) < 4.78 is 109. The third-order valence-electron chi connectivity index (χ3n) is 4.21. The van der Waals surface area contributed by atoms with Gasteiger partial charge in [-0.25, -0.2) is 36.3 Å². The predicted octanol–water partition coefficient (Wildman–Crippen LogP) is 2.91. The number of aromatic nitrogens is 2. The molecule has 0 unspecified atom stereocenters. The molecule has 1 aromatic carbocycles. The summed E-state index contributed by atoms with van der Waals surface area (Å²) in [6.45, 7) is -1.78. The van der Waals surface area contributed by atoms with E-state index in [9.17, 15) is 35.2 Å². The maximum absolute atomic E-state index is 13.8. The number of carbonyl (C=O) groups excluding carboxylic acids is 1. The summed E-state index contributed by atoms with van der Waals surface area (Å²) in [4.78, 5) is 19.2. The van der Waals surface area contributed by atoms with E-state index in [4.69, 9.17) is 9.47 Å². The maximum atomic E-state index is 13.8. The summed E-state index contributed by atoms with van der Waals surface area (Å²) in [6.07, 6.45) is -6.37. The lowest BCUT2D eigenvalue weighted by atomic mass is 10.1. The molecule has 0 aliphatic rings. The van der Waals surface area contributed by atoms with E-state index in [0.717, 1.165) is 37.7 Å². The number of hydrogen-bond acceptors (Lipinski definition) is 8. The zero-order chi connectivity index (χ0) is 25.5. The van der Waals surface area contributed by atoms with Crippen molar-refractivity contribution in [3.63, 3.8) is 0 Å². The third-order valence-corrected chi connectivity index (χ3v) is 5.88. The standard InChI is InChI=1S/C19H20F5N3O6S/c1-31-8-9-33-13-5-3-4-12(15(13)19(22,23)24)11-34(29,30)27(10-14(20)21)17-16(18(28)32-2)25-6-7-26-17/h3-7,14H,8-11H2,1-2H3. The highest BCUT2D eigenvalue weighted by Crippen LogP contribution is 2.40. The maximum Gasteiger partial charge on any atom is 0.420 e. The van der Waals surface area contributed by atoms with E-state index in [0.29, 0.717) is 0 Å². The lowest BCUT2D eigenvalue weighted by Gasteiger charge is -2.25. The number of anilines is 1. The molecule has 0 saturated carbocycles. The number of hydrogen-bond donors (Lipinski definition) is 0. The first kappa shape index (κ1) is 27.2. The van der Waals surface area contributed by atoms with E-state index >= 15 is 0 Å². The minimum Gasteiger partial charge on any atom is -0.491 e. The lowest BCUT2D eigenvalue weighted by molar-refractivity contribution is -0.139. The molecule has 0 atom stereocenters. The average Bonchev–Trinajstić information content (AvgIpc) is 2.76. The van der Waals surface area contributed by atoms with Crippen LogP contribution in [0.3, 0.4) is 0 Å². The number of halogens is 5. The van der Waals surface area contributed by atoms with Gasteiger partial charge in [0.2, 0.25) is 10.0 Å². The summed E-state index contributed by atoms with van der Waals surface area (Å²) in [6, 6.07) is 2.99. The van der Waals surface area contributed by atoms with Crippen molar-refractivity contribution in [2.45, 2.75) is 18.4 Å². The Hall–Kier alpha value is -3.07. The number of esters is 1. The number of sulfonamides is 1. The van der Waals surface area contributed by atoms with Gasteiger partial charge in [0.25, 0.3) is 6.43 Å². The van der Waals surface area contributed by atoms with Crippen LogP contribution < -0.4 is 9.04 Å². The molecule has 2 aromatic rings. The van der Waals surface area contributed by atoms with Gasteiger partial charge in [0.1, 0.15) is 17.9 Å². The van der Waals surface area contributed by atoms with Crippen LogP contribution >= 0.6 is 0 Å². The van der Waals surface area contributed by atoms with Crippen molar-refractivity contribution in [1.82, 2.24) is 9.97 Å². The van der Waals surface area contributed by atoms with Crippen molar-refractivity contribution < 1.29 is 49.4 Å². The van der Waals surface area contributed by atoms with Crippen molar-refractivity contribution in [2.75, 3.05) is 38.3 Å². The molecular formula is C19H20F5N3O6S. The second kappa shape index (κ2) is 11.4. The van der Waals surface area contributed by atoms with Crippen LogP contribution in [-0.2, 0) is 31.4 Å². The van der Waals surface area contributed by atoms with Crippen LogP contribution in [0.15, 0.2) is 30.6 Å². The molecule has 0 amide bonds. The molecule has 0 fully saturated rings. The molecule has 0 aliphatic heterocycles. The fraction of sp³-hybridized carbons (Fsp3) is 0.421. The fourth-order valence-electron chi connectivity index (χ4n) is 2.86. The van der Waals surface area contributed by atoms with Crippen LogP contribution in [0.5, 0.6) is 5.75 Å². The molecule has 188 valence electrons. The van der Waals surface area contributed by atoms with Crippen LogP contribution in [0.4, 0.5) is 27.8 Å². The molecule has 0 radical (unpaired) electrons. The van der Waals surface area contributed by atoms with Crippen LogP contribution in [0, 0.1) is 0 Å². The van der Waals surface area contributed by atoms with E-state index in [-0.39, 0.29) is 17.5 Å². The van der Waals surface area contributed by atoms with Crippen molar-refractivity contribution in [2.24, 2.45) is 0 Å². The first-order valence-electron chi connectivity index (χ1n) is 9.41. The van der Waals surface area contributed by atoms with Gasteiger partial charge in [-0.05, 0) is 11.6 Å². The first-order valence-corrected chi connectivity index (χ1v) is 11.0. The number of methoxy groups -OCH3 is 2. The molecule has 15 heteroatoms. The molecule has 1 heterocycles. The molecule has 34 heavy (non-hydrogen) atoms. The minimum atomic E-state index is -5.04. The Morgan fingerprint density at radius 2 is 1.79 bits per heavy atom. The zero-order valence-electron chi connectivity index (χ0n) is 17.9. The molecule has 9 nitrogen and oxygen atoms in total. The molecule has 0 N–H and O–H groups in total. The summed E-state index contributed by atoms with van der Waals surface area (Å²) in [5, 5.41) is 0. The highest BCUT2D eigenvalue weighted by atomic mass is 32.2. The van der Waals surface area contributed by atoms with E-state index < -0.39 is 69.3 Å². The highest BCUT2D eigenvalue weighted by molar-refractivity contribution is 7.92. The molecular weight excluding hydrogens is 493 g/mol. The minimum absolute atomic E-state index is 0.0367. The van der Waals surface area contributed by atoms with E-state index in [1.165, 1.54) is 7.11 Å². The second-order valence-electron chi connectivity index (χ2n) is 6.53. The number of ether oxygens (including phenoxy) is 3.